The summed E-state index contributed by atoms with van der Waals surface area (Å²) in [6.45, 7) is 5.11. The Morgan fingerprint density at radius 3 is 1.80 bits per heavy atom. The van der Waals surface area contributed by atoms with E-state index in [4.69, 9.17) is 0 Å². The molecule has 0 saturated carbocycles. The lowest BCUT2D eigenvalue weighted by atomic mass is 9.98. The molecule has 0 spiro atoms. The van der Waals surface area contributed by atoms with Crippen molar-refractivity contribution in [2.75, 3.05) is 27.2 Å². The first-order chi connectivity index (χ1) is 4.10. The molecule has 0 aromatic carbocycles. The van der Waals surface area contributed by atoms with Crippen molar-refractivity contribution in [3.05, 3.63) is 0 Å². The van der Waals surface area contributed by atoms with Gasteiger partial charge in [-0.25, -0.2) is 0 Å². The van der Waals surface area contributed by atoms with Crippen molar-refractivity contribution in [1.29, 1.82) is 0 Å². The van der Waals surface area contributed by atoms with Crippen LogP contribution in [-0.4, -0.2) is 31.7 Å². The number of hydrogen-bond acceptors (Lipinski definition) is 0. The molecular weight excluding hydrogens is 237 g/mol. The molecule has 1 aliphatic heterocycles. The van der Waals surface area contributed by atoms with Gasteiger partial charge in [0, 0.05) is 0 Å². The van der Waals surface area contributed by atoms with Crippen LogP contribution in [-0.2, 0) is 0 Å². The van der Waals surface area contributed by atoms with Crippen LogP contribution in [0.1, 0.15) is 19.8 Å². The third-order valence-electron chi connectivity index (χ3n) is 2.45. The summed E-state index contributed by atoms with van der Waals surface area (Å²) in [4.78, 5) is 0. The molecule has 1 nitrogen and oxygen atoms in total. The average molecular weight is 255 g/mol. The fourth-order valence-electron chi connectivity index (χ4n) is 1.40. The zero-order chi connectivity index (χ0) is 6.91. The van der Waals surface area contributed by atoms with Crippen LogP contribution in [0.3, 0.4) is 0 Å². The predicted molar refractivity (Wildman–Crippen MR) is 40.2 cm³/mol. The molecule has 0 N–H and O–H groups in total. The Bertz CT molecular complexity index is 91.4. The molecular formula is C8H18IN. The number of hydrogen-bond donors (Lipinski definition) is 0. The number of piperidine rings is 1. The van der Waals surface area contributed by atoms with Crippen LogP contribution in [0.15, 0.2) is 0 Å². The van der Waals surface area contributed by atoms with E-state index < -0.39 is 0 Å². The van der Waals surface area contributed by atoms with Gasteiger partial charge in [0.05, 0.1) is 27.2 Å². The average Bonchev–Trinajstić information content (AvgIpc) is 1.78. The van der Waals surface area contributed by atoms with Crippen LogP contribution in [0.5, 0.6) is 0 Å². The molecule has 0 aromatic rings. The van der Waals surface area contributed by atoms with E-state index in [1.807, 2.05) is 0 Å². The van der Waals surface area contributed by atoms with Crippen LogP contribution < -0.4 is 24.0 Å². The van der Waals surface area contributed by atoms with E-state index in [1.165, 1.54) is 30.4 Å². The zero-order valence-corrected chi connectivity index (χ0v) is 9.39. The second-order valence-electron chi connectivity index (χ2n) is 4.07. The van der Waals surface area contributed by atoms with Crippen LogP contribution >= 0.6 is 0 Å². The summed E-state index contributed by atoms with van der Waals surface area (Å²) in [5, 5.41) is 0. The van der Waals surface area contributed by atoms with Gasteiger partial charge in [0.2, 0.25) is 0 Å². The van der Waals surface area contributed by atoms with Crippen LogP contribution in [0.2, 0.25) is 0 Å². The standard InChI is InChI=1S/C8H18N.HI/c1-8-4-6-9(2,3)7-5-8;/h8H,4-7H2,1-3H3;1H/q+1;/p-1. The molecule has 1 aliphatic rings. The first-order valence-corrected chi connectivity index (χ1v) is 3.92. The third-order valence-corrected chi connectivity index (χ3v) is 2.45. The Kier molecular flexibility index (Phi) is 4.17. The largest absolute Gasteiger partial charge is 1.00 e. The number of nitrogens with zero attached hydrogens (tertiary/aromatic N) is 1. The van der Waals surface area contributed by atoms with Crippen LogP contribution in [0, 0.1) is 5.92 Å². The first-order valence-electron chi connectivity index (χ1n) is 3.92. The summed E-state index contributed by atoms with van der Waals surface area (Å²) < 4.78 is 1.24. The smallest absolute Gasteiger partial charge is 0.0785 e. The molecule has 1 fully saturated rings. The predicted octanol–water partition coefficient (Wildman–Crippen LogP) is -1.50. The molecule has 2 heteroatoms. The highest BCUT2D eigenvalue weighted by Crippen LogP contribution is 2.18. The van der Waals surface area contributed by atoms with Gasteiger partial charge < -0.3 is 28.5 Å². The molecule has 1 heterocycles. The van der Waals surface area contributed by atoms with Crippen molar-refractivity contribution >= 4 is 0 Å². The minimum atomic E-state index is 0. The maximum atomic E-state index is 2.36. The monoisotopic (exact) mass is 255 g/mol. The molecule has 0 bridgehead atoms. The minimum Gasteiger partial charge on any atom is -1.00 e. The maximum Gasteiger partial charge on any atom is 0.0785 e. The summed E-state index contributed by atoms with van der Waals surface area (Å²) in [6, 6.07) is 0. The van der Waals surface area contributed by atoms with Crippen molar-refractivity contribution in [3.8, 4) is 0 Å². The molecule has 62 valence electrons. The van der Waals surface area contributed by atoms with Crippen molar-refractivity contribution in [3.63, 3.8) is 0 Å². The summed E-state index contributed by atoms with van der Waals surface area (Å²) in [5.41, 5.74) is 0. The van der Waals surface area contributed by atoms with Gasteiger partial charge in [0.1, 0.15) is 0 Å². The van der Waals surface area contributed by atoms with Gasteiger partial charge in [-0.15, -0.1) is 0 Å². The topological polar surface area (TPSA) is 0 Å². The molecule has 0 radical (unpaired) electrons. The summed E-state index contributed by atoms with van der Waals surface area (Å²) in [7, 11) is 4.65. The molecule has 1 saturated heterocycles. The lowest BCUT2D eigenvalue weighted by Crippen LogP contribution is -3.00. The SMILES string of the molecule is CC1CC[N+](C)(C)CC1.[I-]. The number of rotatable bonds is 0. The van der Waals surface area contributed by atoms with Gasteiger partial charge in [-0.3, -0.25) is 0 Å². The first kappa shape index (κ1) is 10.7. The second-order valence-corrected chi connectivity index (χ2v) is 4.07. The van der Waals surface area contributed by atoms with Crippen LogP contribution in [0.25, 0.3) is 0 Å². The Balaban J connectivity index is 0.000000810. The molecule has 0 unspecified atom stereocenters. The van der Waals surface area contributed by atoms with Crippen molar-refractivity contribution in [2.45, 2.75) is 19.8 Å². The fraction of sp³-hybridized carbons (Fsp3) is 1.00. The number of quaternary nitrogens is 1. The van der Waals surface area contributed by atoms with E-state index in [0.29, 0.717) is 0 Å². The quantitative estimate of drug-likeness (QED) is 0.365. The zero-order valence-electron chi connectivity index (χ0n) is 7.23. The minimum absolute atomic E-state index is 0. The van der Waals surface area contributed by atoms with Gasteiger partial charge in [-0.05, 0) is 18.8 Å². The van der Waals surface area contributed by atoms with Gasteiger partial charge in [0.15, 0.2) is 0 Å². The third kappa shape index (κ3) is 3.19. The Morgan fingerprint density at radius 1 is 1.10 bits per heavy atom. The van der Waals surface area contributed by atoms with Gasteiger partial charge in [-0.1, -0.05) is 6.92 Å². The fourth-order valence-corrected chi connectivity index (χ4v) is 1.40. The molecule has 0 amide bonds. The molecule has 0 atom stereocenters. The Hall–Kier alpha value is 0.690. The maximum absolute atomic E-state index is 2.36. The number of likely N-dealkylation sites (tertiary alicyclic amines) is 1. The van der Waals surface area contributed by atoms with Gasteiger partial charge in [0.25, 0.3) is 0 Å². The highest BCUT2D eigenvalue weighted by Gasteiger charge is 2.22. The molecule has 10 heavy (non-hydrogen) atoms. The highest BCUT2D eigenvalue weighted by atomic mass is 127. The van der Waals surface area contributed by atoms with Crippen molar-refractivity contribution in [2.24, 2.45) is 5.92 Å². The van der Waals surface area contributed by atoms with E-state index in [9.17, 15) is 0 Å². The van der Waals surface area contributed by atoms with E-state index in [-0.39, 0.29) is 24.0 Å². The van der Waals surface area contributed by atoms with Gasteiger partial charge >= 0.3 is 0 Å². The second kappa shape index (κ2) is 3.90. The van der Waals surface area contributed by atoms with Gasteiger partial charge in [-0.2, -0.15) is 0 Å². The number of halogens is 1. The van der Waals surface area contributed by atoms with Crippen molar-refractivity contribution in [1.82, 2.24) is 0 Å². The summed E-state index contributed by atoms with van der Waals surface area (Å²) >= 11 is 0. The van der Waals surface area contributed by atoms with E-state index >= 15 is 0 Å². The van der Waals surface area contributed by atoms with E-state index in [2.05, 4.69) is 21.0 Å². The summed E-state index contributed by atoms with van der Waals surface area (Å²) in [5.74, 6) is 0.983. The Morgan fingerprint density at radius 2 is 1.50 bits per heavy atom. The molecule has 1 rings (SSSR count). The lowest BCUT2D eigenvalue weighted by molar-refractivity contribution is -0.896. The van der Waals surface area contributed by atoms with E-state index in [0.717, 1.165) is 5.92 Å². The Labute approximate surface area is 81.4 Å². The highest BCUT2D eigenvalue weighted by molar-refractivity contribution is 4.57. The molecule has 0 aromatic heterocycles. The van der Waals surface area contributed by atoms with Crippen LogP contribution in [0.4, 0.5) is 0 Å². The lowest BCUT2D eigenvalue weighted by Gasteiger charge is -2.35. The summed E-state index contributed by atoms with van der Waals surface area (Å²) in [6.07, 6.45) is 2.85. The van der Waals surface area contributed by atoms with Crippen molar-refractivity contribution < 1.29 is 28.5 Å². The van der Waals surface area contributed by atoms with E-state index in [1.54, 1.807) is 0 Å². The molecule has 0 aliphatic carbocycles. The normalized spacial score (nSPS) is 25.5.